The summed E-state index contributed by atoms with van der Waals surface area (Å²) in [6, 6.07) is 8.99. The van der Waals surface area contributed by atoms with Crippen molar-refractivity contribution >= 4 is 17.9 Å². The monoisotopic (exact) mass is 341 g/mol. The summed E-state index contributed by atoms with van der Waals surface area (Å²) in [6.07, 6.45) is 4.64. The van der Waals surface area contributed by atoms with Crippen molar-refractivity contribution < 1.29 is 14.3 Å². The molecule has 25 heavy (non-hydrogen) atoms. The number of hydrogen-bond donors (Lipinski definition) is 1. The van der Waals surface area contributed by atoms with Crippen LogP contribution < -0.4 is 10.1 Å². The number of piperidine rings is 1. The van der Waals surface area contributed by atoms with Gasteiger partial charge in [0, 0.05) is 13.1 Å². The van der Waals surface area contributed by atoms with Gasteiger partial charge in [0.25, 0.3) is 5.91 Å². The Kier molecular flexibility index (Phi) is 7.02. The maximum Gasteiger partial charge on any atom is 0.262 e. The van der Waals surface area contributed by atoms with E-state index in [-0.39, 0.29) is 18.0 Å². The Morgan fingerprint density at radius 3 is 2.52 bits per heavy atom. The van der Waals surface area contributed by atoms with Crippen molar-refractivity contribution in [1.82, 2.24) is 10.2 Å². The van der Waals surface area contributed by atoms with Crippen LogP contribution in [0.2, 0.25) is 0 Å². The third-order valence-corrected chi connectivity index (χ3v) is 3.98. The number of carbonyl (C=O) groups excluding carboxylic acids is 2. The molecular weight excluding hydrogens is 318 g/mol. The Morgan fingerprint density at radius 1 is 1.24 bits per heavy atom. The summed E-state index contributed by atoms with van der Waals surface area (Å²) in [5.41, 5.74) is 0.688. The summed E-state index contributed by atoms with van der Waals surface area (Å²) in [4.78, 5) is 26.0. The molecule has 1 aromatic carbocycles. The number of carbonyl (C=O) groups is 2. The smallest absolute Gasteiger partial charge is 0.262 e. The van der Waals surface area contributed by atoms with Crippen molar-refractivity contribution in [2.45, 2.75) is 26.2 Å². The lowest BCUT2D eigenvalue weighted by atomic mass is 10.1. The summed E-state index contributed by atoms with van der Waals surface area (Å²) < 4.78 is 5.36. The highest BCUT2D eigenvalue weighted by Gasteiger charge is 2.18. The van der Waals surface area contributed by atoms with Gasteiger partial charge in [0.1, 0.15) is 17.4 Å². The molecule has 0 saturated carbocycles. The molecule has 2 amide bonds. The van der Waals surface area contributed by atoms with E-state index in [2.05, 4.69) is 5.32 Å². The van der Waals surface area contributed by atoms with Crippen LogP contribution in [0.4, 0.5) is 0 Å². The molecular formula is C19H23N3O3. The topological polar surface area (TPSA) is 82.4 Å². The molecule has 1 N–H and O–H groups in total. The second-order valence-corrected chi connectivity index (χ2v) is 5.80. The van der Waals surface area contributed by atoms with E-state index < -0.39 is 5.91 Å². The largest absolute Gasteiger partial charge is 0.494 e. The standard InChI is InChI=1S/C19H23N3O3/c1-2-25-17-8-6-15(7-9-17)12-16(13-20)19(24)21-14-18(23)22-10-4-3-5-11-22/h6-9,12H,2-5,10-11,14H2,1H3,(H,21,24)/b16-12+. The van der Waals surface area contributed by atoms with Gasteiger partial charge in [-0.2, -0.15) is 5.26 Å². The van der Waals surface area contributed by atoms with Gasteiger partial charge in [-0.05, 0) is 50.0 Å². The van der Waals surface area contributed by atoms with Crippen molar-refractivity contribution in [2.24, 2.45) is 0 Å². The van der Waals surface area contributed by atoms with Gasteiger partial charge in [-0.1, -0.05) is 12.1 Å². The molecule has 1 fully saturated rings. The van der Waals surface area contributed by atoms with E-state index in [0.717, 1.165) is 43.7 Å². The zero-order valence-corrected chi connectivity index (χ0v) is 14.5. The number of ether oxygens (including phenoxy) is 1. The molecule has 1 aliphatic rings. The highest BCUT2D eigenvalue weighted by molar-refractivity contribution is 6.03. The van der Waals surface area contributed by atoms with Gasteiger partial charge in [0.2, 0.25) is 5.91 Å². The normalized spacial score (nSPS) is 14.6. The Labute approximate surface area is 148 Å². The maximum absolute atomic E-state index is 12.1. The van der Waals surface area contributed by atoms with Gasteiger partial charge >= 0.3 is 0 Å². The highest BCUT2D eigenvalue weighted by Crippen LogP contribution is 2.14. The van der Waals surface area contributed by atoms with Crippen LogP contribution in [-0.4, -0.2) is 43.0 Å². The fourth-order valence-corrected chi connectivity index (χ4v) is 2.65. The number of nitrogens with one attached hydrogen (secondary N) is 1. The van der Waals surface area contributed by atoms with Crippen LogP contribution in [0.25, 0.3) is 6.08 Å². The van der Waals surface area contributed by atoms with E-state index in [0.29, 0.717) is 6.61 Å². The van der Waals surface area contributed by atoms with Crippen LogP contribution in [0.1, 0.15) is 31.7 Å². The van der Waals surface area contributed by atoms with Gasteiger partial charge in [0.05, 0.1) is 13.2 Å². The number of amides is 2. The number of nitriles is 1. The van der Waals surface area contributed by atoms with Crippen molar-refractivity contribution in [3.8, 4) is 11.8 Å². The molecule has 6 heteroatoms. The van der Waals surface area contributed by atoms with E-state index in [9.17, 15) is 14.9 Å². The van der Waals surface area contributed by atoms with Gasteiger partial charge < -0.3 is 15.0 Å². The first-order chi connectivity index (χ1) is 12.1. The zero-order valence-electron chi connectivity index (χ0n) is 14.5. The molecule has 0 aromatic heterocycles. The predicted molar refractivity (Wildman–Crippen MR) is 94.6 cm³/mol. The van der Waals surface area contributed by atoms with Crippen LogP contribution in [-0.2, 0) is 9.59 Å². The fraction of sp³-hybridized carbons (Fsp3) is 0.421. The lowest BCUT2D eigenvalue weighted by Gasteiger charge is -2.26. The van der Waals surface area contributed by atoms with Crippen LogP contribution in [0, 0.1) is 11.3 Å². The highest BCUT2D eigenvalue weighted by atomic mass is 16.5. The molecule has 1 aliphatic heterocycles. The fourth-order valence-electron chi connectivity index (χ4n) is 2.65. The summed E-state index contributed by atoms with van der Waals surface area (Å²) in [6.45, 7) is 3.87. The molecule has 0 bridgehead atoms. The summed E-state index contributed by atoms with van der Waals surface area (Å²) in [5, 5.41) is 11.7. The summed E-state index contributed by atoms with van der Waals surface area (Å²) in [5.74, 6) is 0.0860. The first-order valence-electron chi connectivity index (χ1n) is 8.54. The molecule has 2 rings (SSSR count). The van der Waals surface area contributed by atoms with Gasteiger partial charge in [0.15, 0.2) is 0 Å². The van der Waals surface area contributed by atoms with Crippen molar-refractivity contribution in [1.29, 1.82) is 5.26 Å². The van der Waals surface area contributed by atoms with Crippen molar-refractivity contribution in [3.05, 3.63) is 35.4 Å². The Morgan fingerprint density at radius 2 is 1.92 bits per heavy atom. The third kappa shape index (κ3) is 5.64. The molecule has 1 saturated heterocycles. The average Bonchev–Trinajstić information content (AvgIpc) is 2.66. The van der Waals surface area contributed by atoms with Crippen LogP contribution in [0.3, 0.4) is 0 Å². The van der Waals surface area contributed by atoms with E-state index >= 15 is 0 Å². The van der Waals surface area contributed by atoms with Gasteiger partial charge in [-0.25, -0.2) is 0 Å². The van der Waals surface area contributed by atoms with E-state index in [1.807, 2.05) is 13.0 Å². The van der Waals surface area contributed by atoms with Crippen LogP contribution in [0.15, 0.2) is 29.8 Å². The second kappa shape index (κ2) is 9.48. The number of benzene rings is 1. The first-order valence-corrected chi connectivity index (χ1v) is 8.54. The van der Waals surface area contributed by atoms with Crippen molar-refractivity contribution in [2.75, 3.05) is 26.2 Å². The molecule has 0 radical (unpaired) electrons. The molecule has 1 aromatic rings. The van der Waals surface area contributed by atoms with Crippen LogP contribution in [0.5, 0.6) is 5.75 Å². The number of hydrogen-bond acceptors (Lipinski definition) is 4. The lowest BCUT2D eigenvalue weighted by molar-refractivity contribution is -0.132. The maximum atomic E-state index is 12.1. The molecule has 0 atom stereocenters. The Hall–Kier alpha value is -2.81. The van der Waals surface area contributed by atoms with E-state index in [4.69, 9.17) is 4.74 Å². The summed E-state index contributed by atoms with van der Waals surface area (Å²) >= 11 is 0. The molecule has 1 heterocycles. The minimum absolute atomic E-state index is 0.0318. The number of likely N-dealkylation sites (tertiary alicyclic amines) is 1. The minimum Gasteiger partial charge on any atom is -0.494 e. The molecule has 0 aliphatic carbocycles. The Bertz CT molecular complexity index is 668. The summed E-state index contributed by atoms with van der Waals surface area (Å²) in [7, 11) is 0. The zero-order chi connectivity index (χ0) is 18.1. The Balaban J connectivity index is 1.93. The third-order valence-electron chi connectivity index (χ3n) is 3.98. The van der Waals surface area contributed by atoms with Gasteiger partial charge in [-0.3, -0.25) is 9.59 Å². The molecule has 132 valence electrons. The average molecular weight is 341 g/mol. The second-order valence-electron chi connectivity index (χ2n) is 5.80. The minimum atomic E-state index is -0.540. The number of rotatable bonds is 6. The molecule has 6 nitrogen and oxygen atoms in total. The van der Waals surface area contributed by atoms with E-state index in [1.54, 1.807) is 29.2 Å². The quantitative estimate of drug-likeness (QED) is 0.635. The van der Waals surface area contributed by atoms with E-state index in [1.165, 1.54) is 6.08 Å². The van der Waals surface area contributed by atoms with Gasteiger partial charge in [-0.15, -0.1) is 0 Å². The van der Waals surface area contributed by atoms with Crippen molar-refractivity contribution in [3.63, 3.8) is 0 Å². The predicted octanol–water partition coefficient (Wildman–Crippen LogP) is 2.12. The number of nitrogens with zero attached hydrogens (tertiary/aromatic N) is 2. The SMILES string of the molecule is CCOc1ccc(/C=C(\C#N)C(=O)NCC(=O)N2CCCCC2)cc1. The first kappa shape index (κ1) is 18.5. The van der Waals surface area contributed by atoms with Crippen LogP contribution >= 0.6 is 0 Å². The lowest BCUT2D eigenvalue weighted by Crippen LogP contribution is -2.42. The molecule has 0 spiro atoms. The molecule has 0 unspecified atom stereocenters.